The molecule has 0 aromatic heterocycles. The van der Waals surface area contributed by atoms with Crippen molar-refractivity contribution in [3.05, 3.63) is 29.3 Å². The van der Waals surface area contributed by atoms with Crippen LogP contribution in [-0.4, -0.2) is 21.8 Å². The molecule has 0 aliphatic carbocycles. The molecular formula is C11H12BrNO3. The quantitative estimate of drug-likeness (QED) is 0.838. The predicted molar refractivity (Wildman–Crippen MR) is 65.2 cm³/mol. The summed E-state index contributed by atoms with van der Waals surface area (Å²) in [6.07, 6.45) is 0. The van der Waals surface area contributed by atoms with Gasteiger partial charge in [-0.25, -0.2) is 4.79 Å². The van der Waals surface area contributed by atoms with Gasteiger partial charge in [0, 0.05) is 5.69 Å². The number of amides is 1. The molecule has 0 heterocycles. The van der Waals surface area contributed by atoms with Crippen LogP contribution in [-0.2, 0) is 4.79 Å². The first-order valence-corrected chi connectivity index (χ1v) is 5.63. The number of anilines is 1. The van der Waals surface area contributed by atoms with E-state index in [1.165, 1.54) is 6.07 Å². The number of rotatable bonds is 3. The number of benzene rings is 1. The summed E-state index contributed by atoms with van der Waals surface area (Å²) in [5, 5.41) is 11.6. The van der Waals surface area contributed by atoms with E-state index in [0.717, 1.165) is 0 Å². The van der Waals surface area contributed by atoms with Crippen molar-refractivity contribution >= 4 is 33.5 Å². The zero-order valence-corrected chi connectivity index (χ0v) is 10.5. The summed E-state index contributed by atoms with van der Waals surface area (Å²) in [5.41, 5.74) is 1.27. The van der Waals surface area contributed by atoms with Crippen LogP contribution in [0, 0.1) is 6.92 Å². The van der Waals surface area contributed by atoms with Gasteiger partial charge in [-0.15, -0.1) is 0 Å². The van der Waals surface area contributed by atoms with Crippen molar-refractivity contribution in [1.29, 1.82) is 0 Å². The van der Waals surface area contributed by atoms with E-state index in [4.69, 9.17) is 5.11 Å². The first-order chi connectivity index (χ1) is 7.43. The normalized spacial score (nSPS) is 11.9. The molecule has 86 valence electrons. The molecule has 1 aromatic rings. The SMILES string of the molecule is Cc1c(NC(=O)C(C)Br)cccc1C(=O)O. The number of carboxylic acid groups (broad SMARTS) is 1. The Morgan fingerprint density at radius 1 is 1.44 bits per heavy atom. The summed E-state index contributed by atoms with van der Waals surface area (Å²) >= 11 is 3.14. The van der Waals surface area contributed by atoms with Gasteiger partial charge in [-0.3, -0.25) is 4.79 Å². The molecule has 0 spiro atoms. The molecule has 0 radical (unpaired) electrons. The van der Waals surface area contributed by atoms with Gasteiger partial charge in [-0.05, 0) is 31.5 Å². The Labute approximate surface area is 102 Å². The Morgan fingerprint density at radius 2 is 2.06 bits per heavy atom. The highest BCUT2D eigenvalue weighted by Crippen LogP contribution is 2.19. The second kappa shape index (κ2) is 5.12. The Hall–Kier alpha value is -1.36. The predicted octanol–water partition coefficient (Wildman–Crippen LogP) is 2.42. The van der Waals surface area contributed by atoms with Gasteiger partial charge in [0.05, 0.1) is 10.4 Å². The summed E-state index contributed by atoms with van der Waals surface area (Å²) in [4.78, 5) is 22.0. The van der Waals surface area contributed by atoms with Gasteiger partial charge in [0.15, 0.2) is 0 Å². The van der Waals surface area contributed by atoms with Gasteiger partial charge >= 0.3 is 5.97 Å². The van der Waals surface area contributed by atoms with Gasteiger partial charge in [0.2, 0.25) is 5.91 Å². The summed E-state index contributed by atoms with van der Waals surface area (Å²) in [5.74, 6) is -1.20. The van der Waals surface area contributed by atoms with E-state index in [-0.39, 0.29) is 16.3 Å². The zero-order chi connectivity index (χ0) is 12.3. The van der Waals surface area contributed by atoms with Crippen molar-refractivity contribution in [1.82, 2.24) is 0 Å². The molecule has 16 heavy (non-hydrogen) atoms. The number of aromatic carboxylic acids is 1. The molecule has 0 bridgehead atoms. The standard InChI is InChI=1S/C11H12BrNO3/c1-6-8(11(15)16)4-3-5-9(6)13-10(14)7(2)12/h3-5,7H,1-2H3,(H,13,14)(H,15,16). The number of halogens is 1. The van der Waals surface area contributed by atoms with Crippen LogP contribution in [0.25, 0.3) is 0 Å². The smallest absolute Gasteiger partial charge is 0.336 e. The van der Waals surface area contributed by atoms with Crippen molar-refractivity contribution < 1.29 is 14.7 Å². The third-order valence-electron chi connectivity index (χ3n) is 2.18. The van der Waals surface area contributed by atoms with E-state index in [0.29, 0.717) is 11.3 Å². The molecule has 0 aliphatic rings. The van der Waals surface area contributed by atoms with Crippen molar-refractivity contribution in [2.75, 3.05) is 5.32 Å². The average molecular weight is 286 g/mol. The van der Waals surface area contributed by atoms with Crippen molar-refractivity contribution in [3.8, 4) is 0 Å². The molecule has 0 fully saturated rings. The lowest BCUT2D eigenvalue weighted by Gasteiger charge is -2.11. The highest BCUT2D eigenvalue weighted by molar-refractivity contribution is 9.10. The largest absolute Gasteiger partial charge is 0.478 e. The molecule has 1 amide bonds. The van der Waals surface area contributed by atoms with E-state index in [2.05, 4.69) is 21.2 Å². The molecule has 1 rings (SSSR count). The van der Waals surface area contributed by atoms with Gasteiger partial charge in [-0.1, -0.05) is 22.0 Å². The maximum absolute atomic E-state index is 11.4. The van der Waals surface area contributed by atoms with Crippen molar-refractivity contribution in [3.63, 3.8) is 0 Å². The van der Waals surface area contributed by atoms with Crippen LogP contribution in [0.4, 0.5) is 5.69 Å². The van der Waals surface area contributed by atoms with Crippen molar-refractivity contribution in [2.24, 2.45) is 0 Å². The average Bonchev–Trinajstić information content (AvgIpc) is 2.20. The number of carboxylic acids is 1. The first-order valence-electron chi connectivity index (χ1n) is 4.71. The summed E-state index contributed by atoms with van der Waals surface area (Å²) in [6, 6.07) is 4.78. The van der Waals surface area contributed by atoms with Crippen LogP contribution in [0.1, 0.15) is 22.8 Å². The molecule has 2 N–H and O–H groups in total. The minimum atomic E-state index is -1.000. The summed E-state index contributed by atoms with van der Waals surface area (Å²) < 4.78 is 0. The topological polar surface area (TPSA) is 66.4 Å². The zero-order valence-electron chi connectivity index (χ0n) is 8.95. The van der Waals surface area contributed by atoms with Crippen LogP contribution in [0.3, 0.4) is 0 Å². The molecule has 0 saturated carbocycles. The van der Waals surface area contributed by atoms with E-state index in [1.807, 2.05) is 0 Å². The lowest BCUT2D eigenvalue weighted by Crippen LogP contribution is -2.20. The van der Waals surface area contributed by atoms with Gasteiger partial charge in [-0.2, -0.15) is 0 Å². The minimum absolute atomic E-state index is 0.194. The van der Waals surface area contributed by atoms with E-state index >= 15 is 0 Å². The Kier molecular flexibility index (Phi) is 4.06. The van der Waals surface area contributed by atoms with Gasteiger partial charge in [0.1, 0.15) is 0 Å². The molecule has 1 aromatic carbocycles. The monoisotopic (exact) mass is 285 g/mol. The number of carbonyl (C=O) groups is 2. The fraction of sp³-hybridized carbons (Fsp3) is 0.273. The second-order valence-electron chi connectivity index (χ2n) is 3.39. The fourth-order valence-electron chi connectivity index (χ4n) is 1.23. The summed E-state index contributed by atoms with van der Waals surface area (Å²) in [7, 11) is 0. The molecule has 0 saturated heterocycles. The highest BCUT2D eigenvalue weighted by atomic mass is 79.9. The van der Waals surface area contributed by atoms with E-state index < -0.39 is 5.97 Å². The Balaban J connectivity index is 3.02. The Bertz CT molecular complexity index is 429. The maximum atomic E-state index is 11.4. The molecule has 4 nitrogen and oxygen atoms in total. The molecule has 1 atom stereocenters. The number of hydrogen-bond donors (Lipinski definition) is 2. The van der Waals surface area contributed by atoms with E-state index in [9.17, 15) is 9.59 Å². The summed E-state index contributed by atoms with van der Waals surface area (Å²) in [6.45, 7) is 3.36. The van der Waals surface area contributed by atoms with E-state index in [1.54, 1.807) is 26.0 Å². The van der Waals surface area contributed by atoms with Crippen LogP contribution >= 0.6 is 15.9 Å². The lowest BCUT2D eigenvalue weighted by molar-refractivity contribution is -0.115. The van der Waals surface area contributed by atoms with Crippen LogP contribution < -0.4 is 5.32 Å². The van der Waals surface area contributed by atoms with Gasteiger partial charge in [0.25, 0.3) is 0 Å². The lowest BCUT2D eigenvalue weighted by atomic mass is 10.1. The number of alkyl halides is 1. The number of carbonyl (C=O) groups excluding carboxylic acids is 1. The van der Waals surface area contributed by atoms with Crippen molar-refractivity contribution in [2.45, 2.75) is 18.7 Å². The second-order valence-corrected chi connectivity index (χ2v) is 4.76. The van der Waals surface area contributed by atoms with Crippen LogP contribution in [0.2, 0.25) is 0 Å². The molecular weight excluding hydrogens is 274 g/mol. The number of hydrogen-bond acceptors (Lipinski definition) is 2. The fourth-order valence-corrected chi connectivity index (χ4v) is 1.35. The number of nitrogens with one attached hydrogen (secondary N) is 1. The third-order valence-corrected chi connectivity index (χ3v) is 2.60. The molecule has 0 aliphatic heterocycles. The first kappa shape index (κ1) is 12.7. The maximum Gasteiger partial charge on any atom is 0.336 e. The third kappa shape index (κ3) is 2.82. The van der Waals surface area contributed by atoms with Crippen LogP contribution in [0.5, 0.6) is 0 Å². The minimum Gasteiger partial charge on any atom is -0.478 e. The van der Waals surface area contributed by atoms with Gasteiger partial charge < -0.3 is 10.4 Å². The highest BCUT2D eigenvalue weighted by Gasteiger charge is 2.13. The Morgan fingerprint density at radius 3 is 2.56 bits per heavy atom. The molecule has 1 unspecified atom stereocenters. The molecule has 5 heteroatoms. The van der Waals surface area contributed by atoms with Crippen LogP contribution in [0.15, 0.2) is 18.2 Å².